The molecule has 250 valence electrons. The normalized spacial score (nSPS) is 43.5. The summed E-state index contributed by atoms with van der Waals surface area (Å²) < 4.78 is 40.7. The number of fused-ring (bicyclic) bond motifs is 1. The monoisotopic (exact) mass is 682 g/mol. The minimum atomic E-state index is -2.17. The van der Waals surface area contributed by atoms with E-state index in [1.807, 2.05) is 6.92 Å². The second-order valence-electron chi connectivity index (χ2n) is 18.5. The van der Waals surface area contributed by atoms with Gasteiger partial charge in [0, 0.05) is 23.7 Å². The fourth-order valence-electron chi connectivity index (χ4n) is 10.2. The van der Waals surface area contributed by atoms with E-state index in [0.29, 0.717) is 12.8 Å². The van der Waals surface area contributed by atoms with Crippen LogP contribution in [0, 0.1) is 28.6 Å². The molecule has 0 aromatic rings. The molecular weight excluding hydrogens is 625 g/mol. The van der Waals surface area contributed by atoms with Crippen molar-refractivity contribution in [2.45, 2.75) is 141 Å². The molecule has 1 heterocycles. The average molecular weight is 683 g/mol. The van der Waals surface area contributed by atoms with Gasteiger partial charge in [-0.25, -0.2) is 0 Å². The molecule has 0 radical (unpaired) electrons. The highest BCUT2D eigenvalue weighted by Crippen LogP contribution is 2.80. The van der Waals surface area contributed by atoms with Crippen molar-refractivity contribution in [1.82, 2.24) is 0 Å². The Balaban J connectivity index is 1.78. The summed E-state index contributed by atoms with van der Waals surface area (Å²) >= 11 is 0. The highest BCUT2D eigenvalue weighted by atomic mass is 28.4. The van der Waals surface area contributed by atoms with E-state index in [2.05, 4.69) is 78.6 Å². The Bertz CT molecular complexity index is 1230. The van der Waals surface area contributed by atoms with Gasteiger partial charge >= 0.3 is 11.9 Å². The lowest BCUT2D eigenvalue weighted by Crippen LogP contribution is -2.63. The average Bonchev–Trinajstić information content (AvgIpc) is 3.23. The molecule has 10 atom stereocenters. The van der Waals surface area contributed by atoms with Crippen LogP contribution in [-0.2, 0) is 36.8 Å². The molecule has 8 nitrogen and oxygen atoms in total. The maximum absolute atomic E-state index is 14.4. The zero-order chi connectivity index (χ0) is 33.3. The Morgan fingerprint density at radius 3 is 1.95 bits per heavy atom. The van der Waals surface area contributed by atoms with Gasteiger partial charge in [-0.2, -0.15) is 0 Å². The van der Waals surface area contributed by atoms with Gasteiger partial charge in [0.1, 0.15) is 5.60 Å². The van der Waals surface area contributed by atoms with E-state index in [1.54, 1.807) is 0 Å². The quantitative estimate of drug-likeness (QED) is 0.151. The predicted molar refractivity (Wildman–Crippen MR) is 181 cm³/mol. The Morgan fingerprint density at radius 2 is 1.45 bits per heavy atom. The molecule has 3 unspecified atom stereocenters. The molecule has 5 aliphatic rings. The van der Waals surface area contributed by atoms with Crippen LogP contribution in [0.5, 0.6) is 0 Å². The first kappa shape index (κ1) is 34.7. The number of methoxy groups -OCH3 is 1. The fourth-order valence-corrected chi connectivity index (χ4v) is 15.0. The number of carbonyl (C=O) groups excluding carboxylic acids is 2. The number of carbonyl (C=O) groups is 2. The van der Waals surface area contributed by atoms with Crippen molar-refractivity contribution in [3.63, 3.8) is 0 Å². The molecule has 0 amide bonds. The van der Waals surface area contributed by atoms with Crippen molar-refractivity contribution in [2.24, 2.45) is 28.6 Å². The van der Waals surface area contributed by atoms with Crippen molar-refractivity contribution < 1.29 is 36.8 Å². The van der Waals surface area contributed by atoms with Gasteiger partial charge in [0.2, 0.25) is 0 Å². The van der Waals surface area contributed by atoms with Crippen LogP contribution >= 0.6 is 0 Å². The van der Waals surface area contributed by atoms with Crippen molar-refractivity contribution in [2.75, 3.05) is 7.11 Å². The molecule has 44 heavy (non-hydrogen) atoms. The first-order chi connectivity index (χ1) is 19.8. The largest absolute Gasteiger partial charge is 0.469 e. The molecule has 5 fully saturated rings. The molecule has 1 spiro atoms. The zero-order valence-electron chi connectivity index (χ0n) is 29.8. The molecule has 0 aromatic carbocycles. The summed E-state index contributed by atoms with van der Waals surface area (Å²) in [6.07, 6.45) is 1.39. The van der Waals surface area contributed by atoms with E-state index in [4.69, 9.17) is 33.8 Å². The van der Waals surface area contributed by atoms with Crippen LogP contribution in [0.1, 0.15) is 32.6 Å². The maximum atomic E-state index is 14.4. The van der Waals surface area contributed by atoms with Gasteiger partial charge in [-0.05, 0) is 110 Å². The van der Waals surface area contributed by atoms with E-state index in [1.165, 1.54) is 7.11 Å². The number of rotatable bonds is 9. The highest BCUT2D eigenvalue weighted by molar-refractivity contribution is 6.71. The Morgan fingerprint density at radius 1 is 0.886 bits per heavy atom. The summed E-state index contributed by atoms with van der Waals surface area (Å²) in [6.45, 7) is 32.9. The Labute approximate surface area is 269 Å². The summed E-state index contributed by atoms with van der Waals surface area (Å²) in [5.74, 6) is -1.78. The highest BCUT2D eigenvalue weighted by Gasteiger charge is 2.88. The van der Waals surface area contributed by atoms with Gasteiger partial charge in [-0.3, -0.25) is 9.59 Å². The smallest absolute Gasteiger partial charge is 0.315 e. The molecule has 5 rings (SSSR count). The number of hydrogen-bond donors (Lipinski definition) is 0. The van der Waals surface area contributed by atoms with E-state index >= 15 is 0 Å². The van der Waals surface area contributed by atoms with E-state index in [0.717, 1.165) is 18.4 Å². The topological polar surface area (TPSA) is 89.5 Å². The zero-order valence-corrected chi connectivity index (χ0v) is 33.8. The van der Waals surface area contributed by atoms with Crippen molar-refractivity contribution >= 4 is 45.2 Å². The van der Waals surface area contributed by atoms with Crippen molar-refractivity contribution in [3.05, 3.63) is 12.2 Å². The number of ether oxygens (including phenoxy) is 2. The number of hydrogen-bond acceptors (Lipinski definition) is 8. The van der Waals surface area contributed by atoms with Crippen molar-refractivity contribution in [1.29, 1.82) is 0 Å². The van der Waals surface area contributed by atoms with Crippen LogP contribution in [0.25, 0.3) is 0 Å². The third-order valence-electron chi connectivity index (χ3n) is 10.7. The lowest BCUT2D eigenvalue weighted by molar-refractivity contribution is -0.169. The molecule has 4 saturated carbocycles. The molecule has 4 aliphatic carbocycles. The van der Waals surface area contributed by atoms with Gasteiger partial charge in [0.25, 0.3) is 0 Å². The SMILES string of the molecule is C=C1[C@@H](O[Si](C)(C)C)[C@]23C[C@@]1(O[Si](C)(C)C)CCC2[C@@]12C[C@H](O[Si](C)(C)C)[C@H](O[Si](C)(C)C)C(C)(C(=O)O1)C2[C@@H]3C(=O)OC. The third kappa shape index (κ3) is 5.16. The lowest BCUT2D eigenvalue weighted by atomic mass is 9.58. The minimum absolute atomic E-state index is 0.130. The molecule has 0 N–H and O–H groups in total. The predicted octanol–water partition coefficient (Wildman–Crippen LogP) is 6.72. The first-order valence-corrected chi connectivity index (χ1v) is 30.1. The first-order valence-electron chi connectivity index (χ1n) is 16.5. The molecular formula is C32H58O8Si4. The Hall–Kier alpha value is -0.612. The van der Waals surface area contributed by atoms with Crippen LogP contribution in [0.2, 0.25) is 78.6 Å². The van der Waals surface area contributed by atoms with Gasteiger partial charge in [0.15, 0.2) is 33.3 Å². The van der Waals surface area contributed by atoms with Crippen LogP contribution in [0.4, 0.5) is 0 Å². The molecule has 0 aromatic heterocycles. The summed E-state index contributed by atoms with van der Waals surface area (Å²) in [4.78, 5) is 28.8. The van der Waals surface area contributed by atoms with Crippen LogP contribution in [0.15, 0.2) is 12.2 Å². The van der Waals surface area contributed by atoms with Crippen LogP contribution in [0.3, 0.4) is 0 Å². The van der Waals surface area contributed by atoms with E-state index < -0.39 is 79.3 Å². The summed E-state index contributed by atoms with van der Waals surface area (Å²) in [7, 11) is -6.97. The standard InChI is InChI=1S/C32H58O8Si4/c1-20-25(38-42(7,8)9)31-19-30(20,40-44(13,14)15)17-16-22(31)32-18-21(37-41(4,5)6)26(39-43(10,11)12)29(2,28(34)36-32)24(32)23(31)27(33)35-3/h21-26H,1,16-19H2,2-15H3/t21-,22?,23+,24?,25+,26-,29?,30-,31+,32+/m0/s1. The maximum Gasteiger partial charge on any atom is 0.315 e. The van der Waals surface area contributed by atoms with Crippen LogP contribution in [-0.4, -0.2) is 81.8 Å². The van der Waals surface area contributed by atoms with Gasteiger partial charge < -0.3 is 27.2 Å². The van der Waals surface area contributed by atoms with Gasteiger partial charge in [-0.1, -0.05) is 6.58 Å². The molecule has 1 saturated heterocycles. The summed E-state index contributed by atoms with van der Waals surface area (Å²) in [5.41, 5.74) is -2.32. The second kappa shape index (κ2) is 10.2. The second-order valence-corrected chi connectivity index (χ2v) is 36.3. The lowest BCUT2D eigenvalue weighted by Gasteiger charge is -2.52. The molecule has 12 heteroatoms. The van der Waals surface area contributed by atoms with E-state index in [9.17, 15) is 9.59 Å². The third-order valence-corrected chi connectivity index (χ3v) is 14.6. The molecule has 1 aliphatic heterocycles. The summed E-state index contributed by atoms with van der Waals surface area (Å²) in [5, 5.41) is 0. The molecule has 4 bridgehead atoms. The van der Waals surface area contributed by atoms with Gasteiger partial charge in [-0.15, -0.1) is 0 Å². The van der Waals surface area contributed by atoms with Gasteiger partial charge in [0.05, 0.1) is 42.4 Å². The van der Waals surface area contributed by atoms with E-state index in [-0.39, 0.29) is 24.0 Å². The van der Waals surface area contributed by atoms with Crippen molar-refractivity contribution in [3.8, 4) is 0 Å². The fraction of sp³-hybridized carbons (Fsp3) is 0.875. The summed E-state index contributed by atoms with van der Waals surface area (Å²) in [6, 6.07) is 0. The van der Waals surface area contributed by atoms with Crippen LogP contribution < -0.4 is 0 Å². The Kier molecular flexibility index (Phi) is 8.04. The number of esters is 2. The minimum Gasteiger partial charge on any atom is -0.469 e.